The first-order valence-electron chi connectivity index (χ1n) is 3.16. The van der Waals surface area contributed by atoms with E-state index in [-0.39, 0.29) is 5.69 Å². The largest absolute Gasteiger partial charge is 0.347 e. The minimum atomic E-state index is -0.276. The second-order valence-corrected chi connectivity index (χ2v) is 2.28. The van der Waals surface area contributed by atoms with Crippen molar-refractivity contribution in [3.8, 4) is 12.3 Å². The van der Waals surface area contributed by atoms with E-state index in [1.54, 1.807) is 20.2 Å². The molecule has 1 aromatic heterocycles. The molecule has 0 aliphatic carbocycles. The van der Waals surface area contributed by atoms with Crippen molar-refractivity contribution < 1.29 is 0 Å². The third-order valence-corrected chi connectivity index (χ3v) is 1.43. The maximum absolute atomic E-state index is 10.9. The van der Waals surface area contributed by atoms with Gasteiger partial charge in [-0.1, -0.05) is 5.92 Å². The molecule has 0 aromatic carbocycles. The zero-order valence-corrected chi connectivity index (χ0v) is 6.46. The Labute approximate surface area is 64.7 Å². The molecule has 1 aromatic rings. The van der Waals surface area contributed by atoms with Gasteiger partial charge in [-0.2, -0.15) is 4.98 Å². The fraction of sp³-hybridized carbons (Fsp3) is 0.250. The van der Waals surface area contributed by atoms with E-state index in [4.69, 9.17) is 6.42 Å². The summed E-state index contributed by atoms with van der Waals surface area (Å²) < 4.78 is 1.36. The Kier molecular flexibility index (Phi) is 1.77. The number of hydrogen-bond donors (Lipinski definition) is 0. The summed E-state index contributed by atoms with van der Waals surface area (Å²) in [5, 5.41) is 0. The van der Waals surface area contributed by atoms with E-state index in [1.165, 1.54) is 4.57 Å². The van der Waals surface area contributed by atoms with Crippen LogP contribution in [0.4, 0.5) is 0 Å². The van der Waals surface area contributed by atoms with E-state index in [1.807, 2.05) is 0 Å². The van der Waals surface area contributed by atoms with Crippen molar-refractivity contribution in [2.45, 2.75) is 6.92 Å². The van der Waals surface area contributed by atoms with E-state index >= 15 is 0 Å². The maximum Gasteiger partial charge on any atom is 0.347 e. The Morgan fingerprint density at radius 2 is 2.36 bits per heavy atom. The van der Waals surface area contributed by atoms with Crippen LogP contribution in [0.1, 0.15) is 11.3 Å². The predicted octanol–water partition coefficient (Wildman–Crippen LogP) is 0.0700. The lowest BCUT2D eigenvalue weighted by Crippen LogP contribution is -2.20. The van der Waals surface area contributed by atoms with Gasteiger partial charge in [0.1, 0.15) is 0 Å². The van der Waals surface area contributed by atoms with Gasteiger partial charge in [0, 0.05) is 13.2 Å². The van der Waals surface area contributed by atoms with Crippen molar-refractivity contribution in [3.05, 3.63) is 27.9 Å². The van der Waals surface area contributed by atoms with Crippen molar-refractivity contribution in [2.24, 2.45) is 7.05 Å². The minimum absolute atomic E-state index is 0.276. The molecule has 0 bridgehead atoms. The van der Waals surface area contributed by atoms with Crippen molar-refractivity contribution in [3.63, 3.8) is 0 Å². The molecule has 11 heavy (non-hydrogen) atoms. The molecule has 0 radical (unpaired) electrons. The van der Waals surface area contributed by atoms with E-state index in [0.717, 1.165) is 0 Å². The van der Waals surface area contributed by atoms with Crippen LogP contribution in [0.2, 0.25) is 0 Å². The minimum Gasteiger partial charge on any atom is -0.301 e. The Bertz CT molecular complexity index is 371. The molecular formula is C8H8N2O. The Morgan fingerprint density at radius 3 is 2.91 bits per heavy atom. The van der Waals surface area contributed by atoms with Crippen LogP contribution in [0.3, 0.4) is 0 Å². The topological polar surface area (TPSA) is 34.9 Å². The second kappa shape index (κ2) is 2.59. The van der Waals surface area contributed by atoms with Crippen LogP contribution in [0.25, 0.3) is 0 Å². The van der Waals surface area contributed by atoms with Crippen LogP contribution < -0.4 is 5.69 Å². The van der Waals surface area contributed by atoms with Gasteiger partial charge in [-0.05, 0) is 6.92 Å². The van der Waals surface area contributed by atoms with Crippen molar-refractivity contribution in [2.75, 3.05) is 0 Å². The molecule has 0 amide bonds. The number of aromatic nitrogens is 2. The van der Waals surface area contributed by atoms with Gasteiger partial charge in [-0.15, -0.1) is 6.42 Å². The average Bonchev–Trinajstić information content (AvgIpc) is 1.97. The smallest absolute Gasteiger partial charge is 0.301 e. The van der Waals surface area contributed by atoms with Crippen molar-refractivity contribution in [1.29, 1.82) is 0 Å². The molecular weight excluding hydrogens is 140 g/mol. The Hall–Kier alpha value is -1.56. The molecule has 3 heteroatoms. The zero-order chi connectivity index (χ0) is 8.43. The van der Waals surface area contributed by atoms with Crippen LogP contribution in [0, 0.1) is 19.3 Å². The third kappa shape index (κ3) is 1.30. The quantitative estimate of drug-likeness (QED) is 0.488. The van der Waals surface area contributed by atoms with Crippen molar-refractivity contribution in [1.82, 2.24) is 9.55 Å². The number of nitrogens with zero attached hydrogens (tertiary/aromatic N) is 2. The molecule has 56 valence electrons. The van der Waals surface area contributed by atoms with E-state index in [2.05, 4.69) is 10.9 Å². The van der Waals surface area contributed by atoms with Gasteiger partial charge >= 0.3 is 5.69 Å². The van der Waals surface area contributed by atoms with E-state index < -0.39 is 0 Å². The predicted molar refractivity (Wildman–Crippen MR) is 42.2 cm³/mol. The lowest BCUT2D eigenvalue weighted by molar-refractivity contribution is 0.795. The lowest BCUT2D eigenvalue weighted by atomic mass is 10.2. The summed E-state index contributed by atoms with van der Waals surface area (Å²) in [6.07, 6.45) is 6.77. The third-order valence-electron chi connectivity index (χ3n) is 1.43. The molecule has 0 atom stereocenters. The zero-order valence-electron chi connectivity index (χ0n) is 6.46. The van der Waals surface area contributed by atoms with Gasteiger partial charge in [0.2, 0.25) is 0 Å². The first kappa shape index (κ1) is 7.55. The van der Waals surface area contributed by atoms with Crippen LogP contribution in [-0.2, 0) is 7.05 Å². The number of hydrogen-bond acceptors (Lipinski definition) is 2. The molecule has 1 rings (SSSR count). The molecule has 0 aliphatic heterocycles. The normalized spacial score (nSPS) is 9.18. The van der Waals surface area contributed by atoms with E-state index in [9.17, 15) is 4.79 Å². The Morgan fingerprint density at radius 1 is 1.73 bits per heavy atom. The number of terminal acetylenes is 1. The second-order valence-electron chi connectivity index (χ2n) is 2.28. The summed E-state index contributed by atoms with van der Waals surface area (Å²) in [4.78, 5) is 14.6. The molecule has 0 aliphatic rings. The fourth-order valence-electron chi connectivity index (χ4n) is 0.767. The Balaban J connectivity index is 3.47. The highest BCUT2D eigenvalue weighted by Gasteiger charge is 1.98. The molecule has 0 fully saturated rings. The first-order chi connectivity index (χ1) is 5.15. The molecule has 3 nitrogen and oxygen atoms in total. The highest BCUT2D eigenvalue weighted by Crippen LogP contribution is 1.96. The number of aryl methyl sites for hydroxylation is 2. The average molecular weight is 148 g/mol. The number of rotatable bonds is 0. The van der Waals surface area contributed by atoms with Crippen LogP contribution in [0.5, 0.6) is 0 Å². The van der Waals surface area contributed by atoms with Gasteiger partial charge < -0.3 is 4.57 Å². The first-order valence-corrected chi connectivity index (χ1v) is 3.16. The van der Waals surface area contributed by atoms with Gasteiger partial charge in [0.15, 0.2) is 0 Å². The molecule has 0 unspecified atom stereocenters. The SMILES string of the molecule is C#Cc1cn(C)c(=O)nc1C. The van der Waals surface area contributed by atoms with Gasteiger partial charge in [0.05, 0.1) is 11.3 Å². The van der Waals surface area contributed by atoms with Gasteiger partial charge in [-0.3, -0.25) is 0 Å². The van der Waals surface area contributed by atoms with Crippen LogP contribution in [0.15, 0.2) is 11.0 Å². The monoisotopic (exact) mass is 148 g/mol. The highest BCUT2D eigenvalue weighted by molar-refractivity contribution is 5.32. The molecule has 0 saturated heterocycles. The standard InChI is InChI=1S/C8H8N2O/c1-4-7-5-10(3)8(11)9-6(7)2/h1,5H,2-3H3. The summed E-state index contributed by atoms with van der Waals surface area (Å²) >= 11 is 0. The summed E-state index contributed by atoms with van der Waals surface area (Å²) in [5.41, 5.74) is 0.990. The summed E-state index contributed by atoms with van der Waals surface area (Å²) in [7, 11) is 1.62. The fourth-order valence-corrected chi connectivity index (χ4v) is 0.767. The molecule has 0 saturated carbocycles. The molecule has 1 heterocycles. The van der Waals surface area contributed by atoms with Gasteiger partial charge in [0.25, 0.3) is 0 Å². The maximum atomic E-state index is 10.9. The highest BCUT2D eigenvalue weighted by atomic mass is 16.1. The summed E-state index contributed by atoms with van der Waals surface area (Å²) in [6, 6.07) is 0. The molecule has 0 spiro atoms. The van der Waals surface area contributed by atoms with Crippen LogP contribution >= 0.6 is 0 Å². The van der Waals surface area contributed by atoms with E-state index in [0.29, 0.717) is 11.3 Å². The summed E-state index contributed by atoms with van der Waals surface area (Å²) in [6.45, 7) is 1.72. The summed E-state index contributed by atoms with van der Waals surface area (Å²) in [5.74, 6) is 2.44. The lowest BCUT2D eigenvalue weighted by Gasteiger charge is -1.98. The van der Waals surface area contributed by atoms with Gasteiger partial charge in [-0.25, -0.2) is 4.79 Å². The van der Waals surface area contributed by atoms with Crippen molar-refractivity contribution >= 4 is 0 Å². The van der Waals surface area contributed by atoms with Crippen LogP contribution in [-0.4, -0.2) is 9.55 Å². The molecule has 0 N–H and O–H groups in total.